The van der Waals surface area contributed by atoms with Crippen molar-refractivity contribution in [2.24, 2.45) is 5.16 Å². The molecule has 0 aliphatic heterocycles. The molecule has 0 amide bonds. The van der Waals surface area contributed by atoms with Crippen LogP contribution in [0.1, 0.15) is 11.5 Å². The summed E-state index contributed by atoms with van der Waals surface area (Å²) >= 11 is 0. The van der Waals surface area contributed by atoms with Gasteiger partial charge in [0.2, 0.25) is 5.82 Å². The smallest absolute Gasteiger partial charge is 0.411 e. The van der Waals surface area contributed by atoms with E-state index in [4.69, 9.17) is 5.21 Å². The summed E-state index contributed by atoms with van der Waals surface area (Å²) in [7, 11) is 0. The van der Waals surface area contributed by atoms with E-state index in [1.54, 1.807) is 6.07 Å². The molecule has 2 aromatic rings. The van der Waals surface area contributed by atoms with Crippen LogP contribution in [-0.2, 0) is 6.18 Å². The first-order valence-corrected chi connectivity index (χ1v) is 4.26. The van der Waals surface area contributed by atoms with Gasteiger partial charge in [0.15, 0.2) is 0 Å². The quantitative estimate of drug-likeness (QED) is 0.462. The van der Waals surface area contributed by atoms with Gasteiger partial charge in [0, 0.05) is 6.20 Å². The van der Waals surface area contributed by atoms with Crippen molar-refractivity contribution in [1.82, 2.24) is 9.38 Å². The van der Waals surface area contributed by atoms with Crippen molar-refractivity contribution in [3.63, 3.8) is 0 Å². The normalized spacial score (nSPS) is 12.7. The Bertz CT molecular complexity index is 544. The molecular weight excluding hydrogens is 223 g/mol. The Hall–Kier alpha value is -2.05. The molecule has 4 nitrogen and oxygen atoms in total. The molecule has 0 atom stereocenters. The lowest BCUT2D eigenvalue weighted by atomic mass is 10.3. The summed E-state index contributed by atoms with van der Waals surface area (Å²) in [5, 5.41) is 11.0. The van der Waals surface area contributed by atoms with Crippen molar-refractivity contribution in [3.05, 3.63) is 35.9 Å². The summed E-state index contributed by atoms with van der Waals surface area (Å²) in [5.74, 6) is -1.04. The highest BCUT2D eigenvalue weighted by molar-refractivity contribution is 5.86. The van der Waals surface area contributed by atoms with E-state index in [-0.39, 0.29) is 11.2 Å². The van der Waals surface area contributed by atoms with Crippen molar-refractivity contribution in [2.45, 2.75) is 6.18 Å². The predicted octanol–water partition coefficient (Wildman–Crippen LogP) is 2.16. The second-order valence-corrected chi connectivity index (χ2v) is 3.02. The molecule has 16 heavy (non-hydrogen) atoms. The monoisotopic (exact) mass is 229 g/mol. The van der Waals surface area contributed by atoms with Crippen LogP contribution in [0.5, 0.6) is 0 Å². The molecule has 0 aliphatic rings. The van der Waals surface area contributed by atoms with Crippen LogP contribution in [0.15, 0.2) is 29.6 Å². The Kier molecular flexibility index (Phi) is 2.30. The Balaban J connectivity index is 2.77. The molecule has 0 radical (unpaired) electrons. The van der Waals surface area contributed by atoms with Crippen molar-refractivity contribution in [1.29, 1.82) is 0 Å². The second kappa shape index (κ2) is 3.51. The molecule has 7 heteroatoms. The summed E-state index contributed by atoms with van der Waals surface area (Å²) in [6, 6.07) is 4.49. The Morgan fingerprint density at radius 2 is 2.12 bits per heavy atom. The minimum atomic E-state index is -4.55. The highest BCUT2D eigenvalue weighted by Crippen LogP contribution is 2.29. The van der Waals surface area contributed by atoms with Crippen LogP contribution in [0.3, 0.4) is 0 Å². The average Bonchev–Trinajstić information content (AvgIpc) is 2.58. The summed E-state index contributed by atoms with van der Waals surface area (Å²) in [5.41, 5.74) is 0.197. The molecular formula is C9H6F3N3O. The first-order chi connectivity index (χ1) is 7.54. The molecule has 0 aromatic carbocycles. The second-order valence-electron chi connectivity index (χ2n) is 3.02. The summed E-state index contributed by atoms with van der Waals surface area (Å²) in [4.78, 5) is 3.38. The maximum absolute atomic E-state index is 12.6. The molecule has 2 rings (SSSR count). The van der Waals surface area contributed by atoms with Gasteiger partial charge in [0.05, 0.1) is 11.7 Å². The average molecular weight is 229 g/mol. The fourth-order valence-electron chi connectivity index (χ4n) is 1.41. The molecule has 0 unspecified atom stereocenters. The number of halogens is 3. The van der Waals surface area contributed by atoms with E-state index < -0.39 is 12.0 Å². The van der Waals surface area contributed by atoms with Crippen LogP contribution < -0.4 is 0 Å². The summed E-state index contributed by atoms with van der Waals surface area (Å²) in [6.07, 6.45) is -2.43. The third-order valence-corrected chi connectivity index (χ3v) is 2.01. The standard InChI is InChI=1S/C9H6F3N3O/c10-9(11,12)8-14-6(5-13-16)7-3-1-2-4-15(7)8/h1-5,16H/b13-5+. The predicted molar refractivity (Wildman–Crippen MR) is 49.6 cm³/mol. The number of pyridine rings is 1. The molecule has 2 heterocycles. The minimum absolute atomic E-state index is 0.0320. The highest BCUT2D eigenvalue weighted by atomic mass is 19.4. The lowest BCUT2D eigenvalue weighted by Crippen LogP contribution is -2.10. The largest absolute Gasteiger partial charge is 0.450 e. The zero-order valence-corrected chi connectivity index (χ0v) is 7.81. The number of rotatable bonds is 1. The molecule has 2 aromatic heterocycles. The van der Waals surface area contributed by atoms with Gasteiger partial charge in [-0.05, 0) is 12.1 Å². The van der Waals surface area contributed by atoms with E-state index in [1.807, 2.05) is 0 Å². The Morgan fingerprint density at radius 1 is 1.38 bits per heavy atom. The maximum atomic E-state index is 12.6. The first-order valence-electron chi connectivity index (χ1n) is 4.26. The number of oxime groups is 1. The zero-order chi connectivity index (χ0) is 11.8. The molecule has 1 N–H and O–H groups in total. The van der Waals surface area contributed by atoms with Gasteiger partial charge >= 0.3 is 6.18 Å². The SMILES string of the molecule is O/N=C/c1nc(C(F)(F)F)n2ccccc12. The Morgan fingerprint density at radius 3 is 2.75 bits per heavy atom. The van der Waals surface area contributed by atoms with Gasteiger partial charge in [0.1, 0.15) is 5.69 Å². The van der Waals surface area contributed by atoms with E-state index in [0.29, 0.717) is 0 Å². The number of imidazole rings is 1. The molecule has 0 spiro atoms. The maximum Gasteiger partial charge on any atom is 0.450 e. The van der Waals surface area contributed by atoms with E-state index in [1.165, 1.54) is 18.3 Å². The summed E-state index contributed by atoms with van der Waals surface area (Å²) < 4.78 is 38.6. The van der Waals surface area contributed by atoms with Crippen molar-refractivity contribution in [3.8, 4) is 0 Å². The van der Waals surface area contributed by atoms with Gasteiger partial charge in [-0.3, -0.25) is 4.40 Å². The van der Waals surface area contributed by atoms with Gasteiger partial charge < -0.3 is 5.21 Å². The van der Waals surface area contributed by atoms with Crippen molar-refractivity contribution < 1.29 is 18.4 Å². The number of hydrogen-bond acceptors (Lipinski definition) is 3. The zero-order valence-electron chi connectivity index (χ0n) is 7.81. The first kappa shape index (κ1) is 10.5. The Labute approximate surface area is 87.6 Å². The highest BCUT2D eigenvalue weighted by Gasteiger charge is 2.36. The fraction of sp³-hybridized carbons (Fsp3) is 0.111. The van der Waals surface area contributed by atoms with Gasteiger partial charge in [-0.25, -0.2) is 4.98 Å². The molecule has 0 bridgehead atoms. The van der Waals surface area contributed by atoms with Gasteiger partial charge in [-0.2, -0.15) is 13.2 Å². The molecule has 0 saturated heterocycles. The van der Waals surface area contributed by atoms with Crippen LogP contribution in [0.25, 0.3) is 5.52 Å². The molecule has 84 valence electrons. The van der Waals surface area contributed by atoms with Gasteiger partial charge in [0.25, 0.3) is 0 Å². The number of nitrogens with zero attached hydrogens (tertiary/aromatic N) is 3. The van der Waals surface area contributed by atoms with Crippen molar-refractivity contribution in [2.75, 3.05) is 0 Å². The number of aromatic nitrogens is 2. The van der Waals surface area contributed by atoms with Crippen molar-refractivity contribution >= 4 is 11.7 Å². The third kappa shape index (κ3) is 1.60. The van der Waals surface area contributed by atoms with Gasteiger partial charge in [-0.15, -0.1) is 0 Å². The van der Waals surface area contributed by atoms with E-state index in [9.17, 15) is 13.2 Å². The lowest BCUT2D eigenvalue weighted by molar-refractivity contribution is -0.145. The van der Waals surface area contributed by atoms with Crippen LogP contribution in [-0.4, -0.2) is 20.8 Å². The summed E-state index contributed by atoms with van der Waals surface area (Å²) in [6.45, 7) is 0. The minimum Gasteiger partial charge on any atom is -0.411 e. The molecule has 0 saturated carbocycles. The van der Waals surface area contributed by atoms with E-state index in [0.717, 1.165) is 10.6 Å². The van der Waals surface area contributed by atoms with Crippen LogP contribution in [0, 0.1) is 0 Å². The molecule has 0 fully saturated rings. The van der Waals surface area contributed by atoms with Crippen LogP contribution in [0.4, 0.5) is 13.2 Å². The van der Waals surface area contributed by atoms with Crippen LogP contribution >= 0.6 is 0 Å². The van der Waals surface area contributed by atoms with Gasteiger partial charge in [-0.1, -0.05) is 11.2 Å². The van der Waals surface area contributed by atoms with E-state index in [2.05, 4.69) is 10.1 Å². The number of alkyl halides is 3. The van der Waals surface area contributed by atoms with Crippen LogP contribution in [0.2, 0.25) is 0 Å². The fourth-order valence-corrected chi connectivity index (χ4v) is 1.41. The number of hydrogen-bond donors (Lipinski definition) is 1. The third-order valence-electron chi connectivity index (χ3n) is 2.01. The topological polar surface area (TPSA) is 49.9 Å². The molecule has 0 aliphatic carbocycles. The van der Waals surface area contributed by atoms with E-state index >= 15 is 0 Å². The lowest BCUT2D eigenvalue weighted by Gasteiger charge is -2.03. The number of fused-ring (bicyclic) bond motifs is 1.